The predicted molar refractivity (Wildman–Crippen MR) is 138 cm³/mol. The minimum atomic E-state index is -0.438. The van der Waals surface area contributed by atoms with Gasteiger partial charge in [0.2, 0.25) is 5.91 Å². The third-order valence-electron chi connectivity index (χ3n) is 6.66. The molecule has 1 aromatic heterocycles. The molecule has 0 radical (unpaired) electrons. The molecule has 2 heterocycles. The van der Waals surface area contributed by atoms with Gasteiger partial charge in [0.15, 0.2) is 0 Å². The average Bonchev–Trinajstić information content (AvgIpc) is 3.22. The zero-order valence-corrected chi connectivity index (χ0v) is 19.8. The van der Waals surface area contributed by atoms with Crippen molar-refractivity contribution in [2.45, 2.75) is 31.8 Å². The SMILES string of the molecule is CCOc1ccccc1NC(=O)[C@H](c1ccccc1)N1CCC(n2c(=O)[nH]c3ccccc32)CC1. The van der Waals surface area contributed by atoms with Crippen molar-refractivity contribution in [3.05, 3.63) is 94.9 Å². The molecule has 4 aromatic rings. The van der Waals surface area contributed by atoms with Crippen LogP contribution in [0.15, 0.2) is 83.7 Å². The maximum absolute atomic E-state index is 13.6. The number of benzene rings is 3. The molecular weight excluding hydrogens is 440 g/mol. The average molecular weight is 471 g/mol. The highest BCUT2D eigenvalue weighted by molar-refractivity contribution is 5.96. The molecule has 5 rings (SSSR count). The first-order valence-electron chi connectivity index (χ1n) is 12.2. The molecule has 7 nitrogen and oxygen atoms in total. The van der Waals surface area contributed by atoms with E-state index in [-0.39, 0.29) is 17.6 Å². The van der Waals surface area contributed by atoms with Gasteiger partial charge in [0.25, 0.3) is 0 Å². The lowest BCUT2D eigenvalue weighted by atomic mass is 9.98. The number of rotatable bonds is 7. The fraction of sp³-hybridized carbons (Fsp3) is 0.286. The number of likely N-dealkylation sites (tertiary alicyclic amines) is 1. The number of nitrogens with one attached hydrogen (secondary N) is 2. The van der Waals surface area contributed by atoms with E-state index >= 15 is 0 Å². The normalized spacial score (nSPS) is 15.7. The van der Waals surface area contributed by atoms with Crippen LogP contribution in [0.25, 0.3) is 11.0 Å². The number of carbonyl (C=O) groups is 1. The topological polar surface area (TPSA) is 79.4 Å². The number of anilines is 1. The first-order valence-corrected chi connectivity index (χ1v) is 12.2. The highest BCUT2D eigenvalue weighted by atomic mass is 16.5. The molecule has 0 aliphatic carbocycles. The van der Waals surface area contributed by atoms with Crippen LogP contribution >= 0.6 is 0 Å². The molecule has 1 aliphatic rings. The zero-order chi connectivity index (χ0) is 24.2. The maximum atomic E-state index is 13.6. The minimum absolute atomic E-state index is 0.0745. The summed E-state index contributed by atoms with van der Waals surface area (Å²) in [6.45, 7) is 3.86. The van der Waals surface area contributed by atoms with Crippen molar-refractivity contribution in [2.75, 3.05) is 25.0 Å². The van der Waals surface area contributed by atoms with E-state index in [0.717, 1.165) is 29.4 Å². The Hall–Kier alpha value is -3.84. The molecule has 0 bridgehead atoms. The summed E-state index contributed by atoms with van der Waals surface area (Å²) < 4.78 is 7.58. The van der Waals surface area contributed by atoms with Gasteiger partial charge in [-0.2, -0.15) is 0 Å². The quantitative estimate of drug-likeness (QED) is 0.409. The van der Waals surface area contributed by atoms with Crippen molar-refractivity contribution in [3.63, 3.8) is 0 Å². The van der Waals surface area contributed by atoms with Gasteiger partial charge in [0, 0.05) is 19.1 Å². The van der Waals surface area contributed by atoms with E-state index in [2.05, 4.69) is 15.2 Å². The fourth-order valence-electron chi connectivity index (χ4n) is 5.05. The van der Waals surface area contributed by atoms with Crippen LogP contribution in [0.2, 0.25) is 0 Å². The second-order valence-electron chi connectivity index (χ2n) is 8.82. The third kappa shape index (κ3) is 4.72. The van der Waals surface area contributed by atoms with Crippen molar-refractivity contribution >= 4 is 22.6 Å². The Balaban J connectivity index is 1.38. The predicted octanol–water partition coefficient (Wildman–Crippen LogP) is 4.75. The van der Waals surface area contributed by atoms with Gasteiger partial charge in [0.05, 0.1) is 23.3 Å². The second kappa shape index (κ2) is 10.2. The van der Waals surface area contributed by atoms with Crippen LogP contribution < -0.4 is 15.7 Å². The molecule has 1 fully saturated rings. The molecule has 180 valence electrons. The molecule has 0 unspecified atom stereocenters. The molecular formula is C28H30N4O3. The maximum Gasteiger partial charge on any atom is 0.326 e. The van der Waals surface area contributed by atoms with Crippen LogP contribution in [0.1, 0.15) is 37.4 Å². The van der Waals surface area contributed by atoms with Crippen molar-refractivity contribution in [1.82, 2.24) is 14.5 Å². The number of aromatic amines is 1. The fourth-order valence-corrected chi connectivity index (χ4v) is 5.05. The van der Waals surface area contributed by atoms with Gasteiger partial charge in [-0.3, -0.25) is 14.3 Å². The Morgan fingerprint density at radius 3 is 2.46 bits per heavy atom. The number of ether oxygens (including phenoxy) is 1. The number of amides is 1. The van der Waals surface area contributed by atoms with E-state index in [4.69, 9.17) is 4.74 Å². The highest BCUT2D eigenvalue weighted by Crippen LogP contribution is 2.32. The molecule has 1 amide bonds. The van der Waals surface area contributed by atoms with Crippen molar-refractivity contribution in [3.8, 4) is 5.75 Å². The summed E-state index contributed by atoms with van der Waals surface area (Å²) in [7, 11) is 0. The van der Waals surface area contributed by atoms with Gasteiger partial charge in [-0.15, -0.1) is 0 Å². The van der Waals surface area contributed by atoms with Crippen LogP contribution in [-0.4, -0.2) is 40.1 Å². The van der Waals surface area contributed by atoms with Crippen LogP contribution in [0.5, 0.6) is 5.75 Å². The smallest absolute Gasteiger partial charge is 0.326 e. The number of fused-ring (bicyclic) bond motifs is 1. The number of piperidine rings is 1. The van der Waals surface area contributed by atoms with Gasteiger partial charge >= 0.3 is 5.69 Å². The Labute approximate surface area is 204 Å². The van der Waals surface area contributed by atoms with Gasteiger partial charge in [0.1, 0.15) is 11.8 Å². The summed E-state index contributed by atoms with van der Waals surface area (Å²) >= 11 is 0. The number of nitrogens with zero attached hydrogens (tertiary/aromatic N) is 2. The van der Waals surface area contributed by atoms with E-state index < -0.39 is 6.04 Å². The van der Waals surface area contributed by atoms with Gasteiger partial charge in [-0.05, 0) is 49.6 Å². The molecule has 35 heavy (non-hydrogen) atoms. The first-order chi connectivity index (χ1) is 17.2. The van der Waals surface area contributed by atoms with Crippen LogP contribution in [0, 0.1) is 0 Å². The highest BCUT2D eigenvalue weighted by Gasteiger charge is 2.32. The summed E-state index contributed by atoms with van der Waals surface area (Å²) in [6.07, 6.45) is 1.57. The Morgan fingerprint density at radius 2 is 1.69 bits per heavy atom. The molecule has 3 aromatic carbocycles. The van der Waals surface area contributed by atoms with Crippen LogP contribution in [0.3, 0.4) is 0 Å². The summed E-state index contributed by atoms with van der Waals surface area (Å²) in [4.78, 5) is 31.5. The minimum Gasteiger partial charge on any atom is -0.492 e. The first kappa shape index (κ1) is 22.9. The Bertz CT molecular complexity index is 1350. The second-order valence-corrected chi connectivity index (χ2v) is 8.82. The standard InChI is InChI=1S/C28H30N4O3/c1-2-35-25-15-9-7-13-23(25)29-27(33)26(20-10-4-3-5-11-20)31-18-16-21(17-19-31)32-24-14-8-6-12-22(24)30-28(32)34/h3-15,21,26H,2,16-19H2,1H3,(H,29,33)(H,30,34)/t26-/m0/s1. The van der Waals surface area contributed by atoms with E-state index in [1.165, 1.54) is 0 Å². The summed E-state index contributed by atoms with van der Waals surface area (Å²) in [5, 5.41) is 3.10. The molecule has 1 atom stereocenters. The molecule has 0 spiro atoms. The third-order valence-corrected chi connectivity index (χ3v) is 6.66. The van der Waals surface area contributed by atoms with Crippen molar-refractivity contribution in [2.24, 2.45) is 0 Å². The number of hydrogen-bond donors (Lipinski definition) is 2. The molecule has 0 saturated carbocycles. The van der Waals surface area contributed by atoms with Crippen LogP contribution in [0.4, 0.5) is 5.69 Å². The molecule has 2 N–H and O–H groups in total. The number of carbonyl (C=O) groups excluding carboxylic acids is 1. The van der Waals surface area contributed by atoms with Crippen LogP contribution in [-0.2, 0) is 4.79 Å². The Kier molecular flexibility index (Phi) is 6.68. The zero-order valence-electron chi connectivity index (χ0n) is 19.8. The number of H-pyrrole nitrogens is 1. The number of imidazole rings is 1. The van der Waals surface area contributed by atoms with E-state index in [0.29, 0.717) is 31.1 Å². The number of aromatic nitrogens is 2. The monoisotopic (exact) mass is 470 g/mol. The lowest BCUT2D eigenvalue weighted by Crippen LogP contribution is -2.43. The van der Waals surface area contributed by atoms with Gasteiger partial charge < -0.3 is 15.0 Å². The van der Waals surface area contributed by atoms with E-state index in [1.807, 2.05) is 90.4 Å². The lowest BCUT2D eigenvalue weighted by molar-refractivity contribution is -0.122. The van der Waals surface area contributed by atoms with Gasteiger partial charge in [-0.1, -0.05) is 54.6 Å². The summed E-state index contributed by atoms with van der Waals surface area (Å²) in [5.41, 5.74) is 3.33. The summed E-state index contributed by atoms with van der Waals surface area (Å²) in [6, 6.07) is 24.8. The molecule has 1 saturated heterocycles. The van der Waals surface area contributed by atoms with E-state index in [9.17, 15) is 9.59 Å². The van der Waals surface area contributed by atoms with E-state index in [1.54, 1.807) is 0 Å². The number of para-hydroxylation sites is 4. The number of hydrogen-bond acceptors (Lipinski definition) is 4. The molecule has 7 heteroatoms. The van der Waals surface area contributed by atoms with Crippen molar-refractivity contribution < 1.29 is 9.53 Å². The van der Waals surface area contributed by atoms with Crippen molar-refractivity contribution in [1.29, 1.82) is 0 Å². The van der Waals surface area contributed by atoms with Gasteiger partial charge in [-0.25, -0.2) is 4.79 Å². The molecule has 1 aliphatic heterocycles. The largest absolute Gasteiger partial charge is 0.492 e. The Morgan fingerprint density at radius 1 is 1.00 bits per heavy atom. The summed E-state index contributed by atoms with van der Waals surface area (Å²) in [5.74, 6) is 0.568. The lowest BCUT2D eigenvalue weighted by Gasteiger charge is -2.37.